The largest absolute Gasteiger partial charge is 0.422 e. The first-order valence-corrected chi connectivity index (χ1v) is 9.41. The molecular weight excluding hydrogens is 429 g/mol. The summed E-state index contributed by atoms with van der Waals surface area (Å²) in [6, 6.07) is 7.13. The number of pyridine rings is 1. The Hall–Kier alpha value is -2.85. The Morgan fingerprint density at radius 3 is 2.32 bits per heavy atom. The Morgan fingerprint density at radius 1 is 1.03 bits per heavy atom. The molecule has 4 nitrogen and oxygen atoms in total. The molecule has 0 spiro atoms. The number of fused-ring (bicyclic) bond motifs is 1. The predicted molar refractivity (Wildman–Crippen MR) is 98.3 cm³/mol. The Kier molecular flexibility index (Phi) is 5.09. The lowest BCUT2D eigenvalue weighted by atomic mass is 10.1. The minimum atomic E-state index is -4.84. The van der Waals surface area contributed by atoms with Crippen molar-refractivity contribution in [2.75, 3.05) is 18.5 Å². The van der Waals surface area contributed by atoms with E-state index in [0.717, 1.165) is 28.6 Å². The van der Waals surface area contributed by atoms with Gasteiger partial charge in [-0.05, 0) is 42.0 Å². The summed E-state index contributed by atoms with van der Waals surface area (Å²) in [6.07, 6.45) is -9.07. The van der Waals surface area contributed by atoms with Gasteiger partial charge in [0.05, 0.1) is 5.69 Å². The van der Waals surface area contributed by atoms with Gasteiger partial charge < -0.3 is 4.90 Å². The van der Waals surface area contributed by atoms with Gasteiger partial charge in [0, 0.05) is 19.8 Å². The molecule has 3 aromatic rings. The van der Waals surface area contributed by atoms with Crippen LogP contribution in [0.3, 0.4) is 0 Å². The third-order valence-electron chi connectivity index (χ3n) is 5.41. The van der Waals surface area contributed by atoms with E-state index in [4.69, 9.17) is 0 Å². The Balaban J connectivity index is 1.61. The van der Waals surface area contributed by atoms with Crippen LogP contribution in [0.4, 0.5) is 36.4 Å². The fraction of sp³-hybridized carbons (Fsp3) is 0.400. The van der Waals surface area contributed by atoms with Crippen LogP contribution in [0.1, 0.15) is 29.3 Å². The van der Waals surface area contributed by atoms with Crippen molar-refractivity contribution in [2.45, 2.75) is 31.1 Å². The molecule has 2 unspecified atom stereocenters. The van der Waals surface area contributed by atoms with Gasteiger partial charge in [0.15, 0.2) is 5.65 Å². The van der Waals surface area contributed by atoms with Crippen molar-refractivity contribution >= 4 is 11.3 Å². The molecule has 0 amide bonds. The van der Waals surface area contributed by atoms with E-state index in [1.807, 2.05) is 0 Å². The number of anilines is 1. The lowest BCUT2D eigenvalue weighted by Crippen LogP contribution is -2.25. The van der Waals surface area contributed by atoms with Gasteiger partial charge in [0.1, 0.15) is 23.6 Å². The highest BCUT2D eigenvalue weighted by molar-refractivity contribution is 5.66. The monoisotopic (exact) mass is 446 g/mol. The van der Waals surface area contributed by atoms with E-state index >= 15 is 0 Å². The third kappa shape index (κ3) is 4.45. The first kappa shape index (κ1) is 21.4. The van der Waals surface area contributed by atoms with Gasteiger partial charge in [0.2, 0.25) is 0 Å². The average Bonchev–Trinajstić information content (AvgIpc) is 3.31. The molecule has 0 radical (unpaired) electrons. The normalized spacial score (nSPS) is 19.1. The van der Waals surface area contributed by atoms with E-state index in [0.29, 0.717) is 6.54 Å². The number of hydrogen-bond donors (Lipinski definition) is 0. The SMILES string of the molecule is CN(CC1CC1c1ccc(F)cc1)c1ccn2c(CC(F)(F)F)nnc2c1C(F)(F)F. The van der Waals surface area contributed by atoms with E-state index in [1.165, 1.54) is 24.1 Å². The van der Waals surface area contributed by atoms with Crippen LogP contribution in [0.5, 0.6) is 0 Å². The molecule has 1 saturated carbocycles. The van der Waals surface area contributed by atoms with Gasteiger partial charge in [-0.15, -0.1) is 10.2 Å². The molecule has 2 aromatic heterocycles. The summed E-state index contributed by atoms with van der Waals surface area (Å²) in [6.45, 7) is 0.296. The van der Waals surface area contributed by atoms with Gasteiger partial charge in [-0.2, -0.15) is 26.3 Å². The number of benzene rings is 1. The topological polar surface area (TPSA) is 33.4 Å². The lowest BCUT2D eigenvalue weighted by molar-refractivity contribution is -0.136. The molecule has 11 heteroatoms. The summed E-state index contributed by atoms with van der Waals surface area (Å²) in [5, 5.41) is 6.74. The van der Waals surface area contributed by atoms with Gasteiger partial charge in [-0.1, -0.05) is 12.1 Å². The maximum atomic E-state index is 13.9. The van der Waals surface area contributed by atoms with Crippen LogP contribution in [-0.2, 0) is 12.6 Å². The maximum Gasteiger partial charge on any atom is 0.422 e. The van der Waals surface area contributed by atoms with Crippen molar-refractivity contribution in [3.63, 3.8) is 0 Å². The van der Waals surface area contributed by atoms with Crippen molar-refractivity contribution in [2.24, 2.45) is 5.92 Å². The molecule has 166 valence electrons. The second kappa shape index (κ2) is 7.38. The molecule has 2 heterocycles. The lowest BCUT2D eigenvalue weighted by Gasteiger charge is -2.24. The van der Waals surface area contributed by atoms with E-state index in [2.05, 4.69) is 10.2 Å². The number of hydrogen-bond acceptors (Lipinski definition) is 3. The highest BCUT2D eigenvalue weighted by atomic mass is 19.4. The molecular formula is C20H17F7N4. The molecule has 0 saturated heterocycles. The Morgan fingerprint density at radius 2 is 1.71 bits per heavy atom. The molecule has 1 aromatic carbocycles. The summed E-state index contributed by atoms with van der Waals surface area (Å²) in [5.41, 5.74) is -1.06. The fourth-order valence-corrected chi connectivity index (χ4v) is 3.90. The van der Waals surface area contributed by atoms with Crippen molar-refractivity contribution in [3.8, 4) is 0 Å². The summed E-state index contributed by atoms with van der Waals surface area (Å²) >= 11 is 0. The number of aromatic nitrogens is 3. The standard InChI is InChI=1S/C20H17F7N4/c1-30(10-12-8-14(12)11-2-4-13(21)5-3-11)15-6-7-31-16(9-19(22,23)24)28-29-18(31)17(15)20(25,26)27/h2-7,12,14H,8-10H2,1H3. The minimum absolute atomic E-state index is 0.0754. The Labute approximate surface area is 172 Å². The van der Waals surface area contributed by atoms with E-state index in [9.17, 15) is 30.7 Å². The molecule has 0 N–H and O–H groups in total. The number of alkyl halides is 6. The highest BCUT2D eigenvalue weighted by Crippen LogP contribution is 2.49. The molecule has 1 aliphatic carbocycles. The molecule has 4 rings (SSSR count). The van der Waals surface area contributed by atoms with Crippen LogP contribution in [0.15, 0.2) is 36.5 Å². The summed E-state index contributed by atoms with van der Waals surface area (Å²) in [4.78, 5) is 1.43. The quantitative estimate of drug-likeness (QED) is 0.503. The van der Waals surface area contributed by atoms with Crippen molar-refractivity contribution in [1.29, 1.82) is 0 Å². The first-order valence-electron chi connectivity index (χ1n) is 9.41. The van der Waals surface area contributed by atoms with E-state index < -0.39 is 35.8 Å². The van der Waals surface area contributed by atoms with Crippen LogP contribution >= 0.6 is 0 Å². The summed E-state index contributed by atoms with van der Waals surface area (Å²) in [7, 11) is 1.49. The van der Waals surface area contributed by atoms with Crippen LogP contribution in [0, 0.1) is 11.7 Å². The second-order valence-corrected chi connectivity index (χ2v) is 7.71. The highest BCUT2D eigenvalue weighted by Gasteiger charge is 2.42. The van der Waals surface area contributed by atoms with Crippen LogP contribution in [0.2, 0.25) is 0 Å². The minimum Gasteiger partial charge on any atom is -0.374 e. The van der Waals surface area contributed by atoms with Gasteiger partial charge >= 0.3 is 12.4 Å². The number of nitrogens with zero attached hydrogens (tertiary/aromatic N) is 4. The molecule has 1 aliphatic rings. The molecule has 1 fully saturated rings. The van der Waals surface area contributed by atoms with E-state index in [-0.39, 0.29) is 23.3 Å². The average molecular weight is 446 g/mol. The molecule has 0 bridgehead atoms. The third-order valence-corrected chi connectivity index (χ3v) is 5.41. The summed E-state index contributed by atoms with van der Waals surface area (Å²) < 4.78 is 93.5. The number of rotatable bonds is 5. The first-order chi connectivity index (χ1) is 14.4. The van der Waals surface area contributed by atoms with Crippen molar-refractivity contribution < 1.29 is 30.7 Å². The van der Waals surface area contributed by atoms with Crippen LogP contribution in [-0.4, -0.2) is 34.4 Å². The molecule has 31 heavy (non-hydrogen) atoms. The van der Waals surface area contributed by atoms with Crippen LogP contribution < -0.4 is 4.90 Å². The number of halogens is 7. The zero-order chi connectivity index (χ0) is 22.6. The second-order valence-electron chi connectivity index (χ2n) is 7.71. The zero-order valence-corrected chi connectivity index (χ0v) is 16.2. The van der Waals surface area contributed by atoms with Gasteiger partial charge in [0.25, 0.3) is 0 Å². The van der Waals surface area contributed by atoms with Crippen molar-refractivity contribution in [3.05, 3.63) is 59.3 Å². The smallest absolute Gasteiger partial charge is 0.374 e. The predicted octanol–water partition coefficient (Wildman–Crippen LogP) is 5.23. The van der Waals surface area contributed by atoms with E-state index in [1.54, 1.807) is 12.1 Å². The Bertz CT molecular complexity index is 1090. The molecule has 2 atom stereocenters. The molecule has 0 aliphatic heterocycles. The summed E-state index contributed by atoms with van der Waals surface area (Å²) in [5.74, 6) is -0.779. The zero-order valence-electron chi connectivity index (χ0n) is 16.2. The van der Waals surface area contributed by atoms with Crippen molar-refractivity contribution in [1.82, 2.24) is 14.6 Å². The van der Waals surface area contributed by atoms with Gasteiger partial charge in [-0.3, -0.25) is 4.40 Å². The van der Waals surface area contributed by atoms with Crippen LogP contribution in [0.25, 0.3) is 5.65 Å². The maximum absolute atomic E-state index is 13.9. The fourth-order valence-electron chi connectivity index (χ4n) is 3.90. The van der Waals surface area contributed by atoms with Gasteiger partial charge in [-0.25, -0.2) is 4.39 Å².